The van der Waals surface area contributed by atoms with Gasteiger partial charge in [-0.15, -0.1) is 0 Å². The van der Waals surface area contributed by atoms with Crippen LogP contribution in [0.1, 0.15) is 11.6 Å². The average molecular weight is 448 g/mol. The van der Waals surface area contributed by atoms with Gasteiger partial charge in [0.25, 0.3) is 5.91 Å². The van der Waals surface area contributed by atoms with E-state index in [1.54, 1.807) is 35.2 Å². The molecule has 1 amide bonds. The van der Waals surface area contributed by atoms with Crippen molar-refractivity contribution >= 4 is 29.2 Å². The maximum Gasteiger partial charge on any atom is 0.327 e. The van der Waals surface area contributed by atoms with Crippen LogP contribution in [0, 0.1) is 10.1 Å². The highest BCUT2D eigenvalue weighted by atomic mass is 35.5. The van der Waals surface area contributed by atoms with E-state index in [1.165, 1.54) is 25.3 Å². The summed E-state index contributed by atoms with van der Waals surface area (Å²) in [7, 11) is 1.33. The van der Waals surface area contributed by atoms with Gasteiger partial charge in [0.05, 0.1) is 12.0 Å². The van der Waals surface area contributed by atoms with Crippen LogP contribution in [-0.4, -0.2) is 66.5 Å². The average Bonchev–Trinajstić information content (AvgIpc) is 2.79. The van der Waals surface area contributed by atoms with Crippen molar-refractivity contribution in [1.29, 1.82) is 0 Å². The van der Waals surface area contributed by atoms with Crippen molar-refractivity contribution in [1.82, 2.24) is 9.80 Å². The largest absolute Gasteiger partial charge is 0.477 e. The van der Waals surface area contributed by atoms with E-state index in [0.717, 1.165) is 0 Å². The minimum Gasteiger partial charge on any atom is -0.477 e. The summed E-state index contributed by atoms with van der Waals surface area (Å²) < 4.78 is 10.4. The molecule has 1 heterocycles. The molecule has 2 aromatic carbocycles. The Morgan fingerprint density at radius 3 is 2.39 bits per heavy atom. The highest BCUT2D eigenvalue weighted by Gasteiger charge is 2.33. The quantitative estimate of drug-likeness (QED) is 0.365. The molecule has 10 heteroatoms. The maximum absolute atomic E-state index is 12.5. The van der Waals surface area contributed by atoms with Crippen LogP contribution in [0.3, 0.4) is 0 Å². The normalized spacial score (nSPS) is 15.2. The fraction of sp³-hybridized carbons (Fsp3) is 0.333. The second-order valence-electron chi connectivity index (χ2n) is 6.88. The van der Waals surface area contributed by atoms with Gasteiger partial charge in [-0.1, -0.05) is 41.9 Å². The van der Waals surface area contributed by atoms with Crippen LogP contribution in [0.2, 0.25) is 5.02 Å². The molecule has 164 valence electrons. The van der Waals surface area contributed by atoms with Crippen LogP contribution < -0.4 is 4.74 Å². The predicted molar refractivity (Wildman–Crippen MR) is 113 cm³/mol. The first-order valence-corrected chi connectivity index (χ1v) is 10.0. The van der Waals surface area contributed by atoms with Crippen LogP contribution >= 0.6 is 11.6 Å². The Balaban J connectivity index is 1.62. The number of nitro groups is 1. The van der Waals surface area contributed by atoms with Crippen molar-refractivity contribution in [2.75, 3.05) is 39.9 Å². The Morgan fingerprint density at radius 1 is 1.10 bits per heavy atom. The maximum atomic E-state index is 12.5. The first-order valence-electron chi connectivity index (χ1n) is 9.62. The van der Waals surface area contributed by atoms with Gasteiger partial charge in [0.15, 0.2) is 12.4 Å². The molecule has 0 bridgehead atoms. The lowest BCUT2D eigenvalue weighted by atomic mass is 10.0. The zero-order valence-corrected chi connectivity index (χ0v) is 17.7. The van der Waals surface area contributed by atoms with Gasteiger partial charge in [-0.2, -0.15) is 0 Å². The number of nitro benzene ring substituents is 1. The third-order valence-electron chi connectivity index (χ3n) is 5.07. The Labute approximate surface area is 184 Å². The molecule has 0 saturated carbocycles. The molecule has 2 aromatic rings. The minimum atomic E-state index is -0.667. The molecular formula is C21H22ClN3O6. The van der Waals surface area contributed by atoms with E-state index in [-0.39, 0.29) is 24.0 Å². The molecule has 0 aromatic heterocycles. The van der Waals surface area contributed by atoms with Crippen LogP contribution in [-0.2, 0) is 14.3 Å². The van der Waals surface area contributed by atoms with Crippen molar-refractivity contribution < 1.29 is 24.0 Å². The number of hydrogen-bond acceptors (Lipinski definition) is 7. The Kier molecular flexibility index (Phi) is 7.43. The number of benzene rings is 2. The van der Waals surface area contributed by atoms with Crippen LogP contribution in [0.25, 0.3) is 0 Å². The smallest absolute Gasteiger partial charge is 0.327 e. The molecule has 3 rings (SSSR count). The van der Waals surface area contributed by atoms with Gasteiger partial charge in [-0.3, -0.25) is 19.8 Å². The lowest BCUT2D eigenvalue weighted by molar-refractivity contribution is -0.385. The van der Waals surface area contributed by atoms with Gasteiger partial charge in [-0.05, 0) is 17.7 Å². The number of hydrogen-bond donors (Lipinski definition) is 0. The first kappa shape index (κ1) is 22.5. The molecule has 31 heavy (non-hydrogen) atoms. The molecule has 1 saturated heterocycles. The highest BCUT2D eigenvalue weighted by molar-refractivity contribution is 6.31. The van der Waals surface area contributed by atoms with Crippen molar-refractivity contribution in [2.45, 2.75) is 6.04 Å². The number of ether oxygens (including phenoxy) is 2. The molecule has 1 fully saturated rings. The number of para-hydroxylation sites is 2. The lowest BCUT2D eigenvalue weighted by Gasteiger charge is -2.38. The van der Waals surface area contributed by atoms with Crippen LogP contribution in [0.5, 0.6) is 5.75 Å². The topological polar surface area (TPSA) is 102 Å². The van der Waals surface area contributed by atoms with Gasteiger partial charge >= 0.3 is 11.7 Å². The summed E-state index contributed by atoms with van der Waals surface area (Å²) >= 11 is 6.29. The fourth-order valence-corrected chi connectivity index (χ4v) is 3.71. The summed E-state index contributed by atoms with van der Waals surface area (Å²) in [6, 6.07) is 12.3. The predicted octanol–water partition coefficient (Wildman–Crippen LogP) is 2.69. The third-order valence-corrected chi connectivity index (χ3v) is 5.41. The Morgan fingerprint density at radius 2 is 1.74 bits per heavy atom. The molecule has 0 N–H and O–H groups in total. The molecule has 1 unspecified atom stereocenters. The number of nitrogens with zero attached hydrogens (tertiary/aromatic N) is 3. The van der Waals surface area contributed by atoms with E-state index < -0.39 is 16.9 Å². The summed E-state index contributed by atoms with van der Waals surface area (Å²) in [6.45, 7) is 1.30. The second kappa shape index (κ2) is 10.2. The van der Waals surface area contributed by atoms with Crippen molar-refractivity contribution in [3.8, 4) is 5.75 Å². The fourth-order valence-electron chi connectivity index (χ4n) is 3.47. The molecule has 1 aliphatic rings. The minimum absolute atomic E-state index is 0.0453. The van der Waals surface area contributed by atoms with E-state index in [2.05, 4.69) is 0 Å². The van der Waals surface area contributed by atoms with Crippen LogP contribution in [0.15, 0.2) is 48.5 Å². The van der Waals surface area contributed by atoms with Gasteiger partial charge in [0.2, 0.25) is 0 Å². The van der Waals surface area contributed by atoms with E-state index >= 15 is 0 Å². The molecule has 1 aliphatic heterocycles. The van der Waals surface area contributed by atoms with Crippen molar-refractivity contribution in [2.24, 2.45) is 0 Å². The summed E-state index contributed by atoms with van der Waals surface area (Å²) in [5.41, 5.74) is 0.455. The highest BCUT2D eigenvalue weighted by Crippen LogP contribution is 2.30. The number of piperazine rings is 1. The molecule has 9 nitrogen and oxygen atoms in total. The number of carbonyl (C=O) groups is 2. The summed E-state index contributed by atoms with van der Waals surface area (Å²) in [5, 5.41) is 11.5. The second-order valence-corrected chi connectivity index (χ2v) is 7.28. The van der Waals surface area contributed by atoms with Crippen molar-refractivity contribution in [3.63, 3.8) is 0 Å². The van der Waals surface area contributed by atoms with Crippen LogP contribution in [0.4, 0.5) is 5.69 Å². The van der Waals surface area contributed by atoms with Crippen molar-refractivity contribution in [3.05, 3.63) is 69.2 Å². The first-order chi connectivity index (χ1) is 14.9. The zero-order chi connectivity index (χ0) is 22.4. The number of amides is 1. The van der Waals surface area contributed by atoms with E-state index in [0.29, 0.717) is 36.8 Å². The number of methoxy groups -OCH3 is 1. The van der Waals surface area contributed by atoms with Gasteiger partial charge < -0.3 is 14.4 Å². The van der Waals surface area contributed by atoms with Gasteiger partial charge in [0.1, 0.15) is 6.04 Å². The number of carbonyl (C=O) groups excluding carboxylic acids is 2. The lowest BCUT2D eigenvalue weighted by Crippen LogP contribution is -2.52. The summed E-state index contributed by atoms with van der Waals surface area (Å²) in [6.07, 6.45) is 0. The molecule has 0 aliphatic carbocycles. The SMILES string of the molecule is COC(=O)C(c1ccccc1Cl)N1CCN(C(=O)COc2ccccc2[N+](=O)[O-])CC1. The number of halogens is 1. The van der Waals surface area contributed by atoms with Gasteiger partial charge in [0, 0.05) is 37.3 Å². The Bertz CT molecular complexity index is 962. The Hall–Kier alpha value is -3.17. The standard InChI is InChI=1S/C21H22ClN3O6/c1-30-21(27)20(15-6-2-3-7-16(15)22)24-12-10-23(11-13-24)19(26)14-31-18-9-5-4-8-17(18)25(28)29/h2-9,20H,10-14H2,1H3. The van der Waals surface area contributed by atoms with E-state index in [9.17, 15) is 19.7 Å². The molecule has 0 spiro atoms. The molecule has 0 radical (unpaired) electrons. The summed E-state index contributed by atoms with van der Waals surface area (Å²) in [5.74, 6) is -0.665. The zero-order valence-electron chi connectivity index (χ0n) is 16.9. The van der Waals surface area contributed by atoms with E-state index in [4.69, 9.17) is 21.1 Å². The summed E-state index contributed by atoms with van der Waals surface area (Å²) in [4.78, 5) is 39.0. The van der Waals surface area contributed by atoms with E-state index in [1.807, 2.05) is 4.90 Å². The number of rotatable bonds is 7. The third kappa shape index (κ3) is 5.31. The monoisotopic (exact) mass is 447 g/mol. The van der Waals surface area contributed by atoms with Gasteiger partial charge in [-0.25, -0.2) is 4.79 Å². The number of esters is 1. The molecule has 1 atom stereocenters. The molecular weight excluding hydrogens is 426 g/mol.